The number of rotatable bonds is 5. The van der Waals surface area contributed by atoms with Gasteiger partial charge in [-0.2, -0.15) is 10.1 Å². The molecule has 1 aliphatic rings. The number of halogens is 2. The summed E-state index contributed by atoms with van der Waals surface area (Å²) >= 11 is 0. The van der Waals surface area contributed by atoms with Crippen LogP contribution in [0.1, 0.15) is 16.2 Å². The Morgan fingerprint density at radius 1 is 0.972 bits per heavy atom. The predicted octanol–water partition coefficient (Wildman–Crippen LogP) is 2.67. The van der Waals surface area contributed by atoms with Crippen LogP contribution in [0, 0.1) is 11.6 Å². The summed E-state index contributed by atoms with van der Waals surface area (Å²) in [5.41, 5.74) is 1.42. The number of nitrogens with zero attached hydrogens (tertiary/aromatic N) is 6. The second-order valence-corrected chi connectivity index (χ2v) is 8.59. The summed E-state index contributed by atoms with van der Waals surface area (Å²) in [6, 6.07) is 12.9. The van der Waals surface area contributed by atoms with E-state index in [1.807, 2.05) is 7.05 Å². The van der Waals surface area contributed by atoms with Crippen molar-refractivity contribution in [1.29, 1.82) is 0 Å². The molecule has 1 saturated heterocycles. The molecule has 0 spiro atoms. The normalized spacial score (nSPS) is 14.2. The third-order valence-electron chi connectivity index (χ3n) is 5.94. The minimum absolute atomic E-state index is 0.0760. The Morgan fingerprint density at radius 2 is 1.72 bits per heavy atom. The molecule has 184 valence electrons. The van der Waals surface area contributed by atoms with Gasteiger partial charge in [0, 0.05) is 49.4 Å². The highest BCUT2D eigenvalue weighted by Gasteiger charge is 2.25. The van der Waals surface area contributed by atoms with E-state index in [0.29, 0.717) is 24.2 Å². The number of aromatic nitrogens is 4. The van der Waals surface area contributed by atoms with Crippen LogP contribution in [-0.2, 0) is 6.54 Å². The van der Waals surface area contributed by atoms with E-state index in [0.717, 1.165) is 31.3 Å². The van der Waals surface area contributed by atoms with E-state index in [-0.39, 0.29) is 41.0 Å². The molecule has 4 aromatic rings. The van der Waals surface area contributed by atoms with E-state index in [4.69, 9.17) is 4.52 Å². The van der Waals surface area contributed by atoms with Crippen LogP contribution in [-0.4, -0.2) is 68.9 Å². The highest BCUT2D eigenvalue weighted by atomic mass is 19.1. The number of amides is 1. The van der Waals surface area contributed by atoms with Crippen molar-refractivity contribution >= 4 is 5.91 Å². The van der Waals surface area contributed by atoms with Crippen molar-refractivity contribution in [1.82, 2.24) is 29.7 Å². The molecule has 1 amide bonds. The summed E-state index contributed by atoms with van der Waals surface area (Å²) < 4.78 is 33.7. The first-order valence-electron chi connectivity index (χ1n) is 11.3. The highest BCUT2D eigenvalue weighted by Crippen LogP contribution is 2.21. The lowest BCUT2D eigenvalue weighted by atomic mass is 10.1. The topological polar surface area (TPSA) is 97.4 Å². The first-order chi connectivity index (χ1) is 17.4. The molecule has 0 bridgehead atoms. The summed E-state index contributed by atoms with van der Waals surface area (Å²) in [5.74, 6) is -1.60. The van der Waals surface area contributed by atoms with Gasteiger partial charge in [-0.1, -0.05) is 23.4 Å². The van der Waals surface area contributed by atoms with Crippen LogP contribution in [0.4, 0.5) is 8.78 Å². The zero-order chi connectivity index (χ0) is 25.2. The molecule has 3 heterocycles. The second-order valence-electron chi connectivity index (χ2n) is 8.59. The molecule has 0 N–H and O–H groups in total. The van der Waals surface area contributed by atoms with Crippen molar-refractivity contribution in [3.63, 3.8) is 0 Å². The van der Waals surface area contributed by atoms with E-state index in [9.17, 15) is 18.4 Å². The standard InChI is InChI=1S/C25H22F2N6O3/c1-31-7-9-32(10-8-31)25(35)24-28-23(30-36-24)17-4-2-3-16(11-17)15-33-22(34)6-5-21(29-33)18-12-19(26)14-20(27)13-18/h2-6,11-14H,7-10,15H2,1H3. The molecule has 1 aliphatic heterocycles. The van der Waals surface area contributed by atoms with E-state index in [2.05, 4.69) is 20.1 Å². The van der Waals surface area contributed by atoms with Crippen LogP contribution >= 0.6 is 0 Å². The fourth-order valence-electron chi connectivity index (χ4n) is 3.97. The van der Waals surface area contributed by atoms with Crippen molar-refractivity contribution in [2.75, 3.05) is 33.2 Å². The largest absolute Gasteiger partial charge is 0.332 e. The Bertz CT molecular complexity index is 1460. The molecule has 2 aromatic carbocycles. The Kier molecular flexibility index (Phi) is 6.38. The number of benzene rings is 2. The van der Waals surface area contributed by atoms with Crippen molar-refractivity contribution in [3.05, 3.63) is 88.0 Å². The molecule has 5 rings (SSSR count). The minimum Gasteiger partial charge on any atom is -0.332 e. The molecular formula is C25H22F2N6O3. The van der Waals surface area contributed by atoms with Crippen LogP contribution in [0.2, 0.25) is 0 Å². The van der Waals surface area contributed by atoms with Crippen molar-refractivity contribution < 1.29 is 18.1 Å². The molecule has 0 atom stereocenters. The van der Waals surface area contributed by atoms with Gasteiger partial charge >= 0.3 is 11.8 Å². The van der Waals surface area contributed by atoms with E-state index < -0.39 is 11.6 Å². The van der Waals surface area contributed by atoms with Crippen LogP contribution in [0.5, 0.6) is 0 Å². The molecule has 9 nitrogen and oxygen atoms in total. The van der Waals surface area contributed by atoms with Crippen molar-refractivity contribution in [2.45, 2.75) is 6.54 Å². The highest BCUT2D eigenvalue weighted by molar-refractivity contribution is 5.90. The van der Waals surface area contributed by atoms with Crippen LogP contribution in [0.15, 0.2) is 63.9 Å². The Balaban J connectivity index is 1.36. The van der Waals surface area contributed by atoms with Crippen molar-refractivity contribution in [2.24, 2.45) is 0 Å². The molecule has 0 aliphatic carbocycles. The van der Waals surface area contributed by atoms with Gasteiger partial charge in [0.15, 0.2) is 0 Å². The molecule has 1 fully saturated rings. The van der Waals surface area contributed by atoms with Gasteiger partial charge in [-0.25, -0.2) is 13.5 Å². The van der Waals surface area contributed by atoms with Gasteiger partial charge in [-0.3, -0.25) is 9.59 Å². The summed E-state index contributed by atoms with van der Waals surface area (Å²) in [6.07, 6.45) is 0. The number of carbonyl (C=O) groups excluding carboxylic acids is 1. The third-order valence-corrected chi connectivity index (χ3v) is 5.94. The first-order valence-corrected chi connectivity index (χ1v) is 11.3. The Morgan fingerprint density at radius 3 is 2.47 bits per heavy atom. The molecule has 0 saturated carbocycles. The monoisotopic (exact) mass is 492 g/mol. The average Bonchev–Trinajstić information content (AvgIpc) is 3.35. The molecule has 11 heteroatoms. The number of carbonyl (C=O) groups is 1. The van der Waals surface area contributed by atoms with Gasteiger partial charge in [0.05, 0.1) is 12.2 Å². The van der Waals surface area contributed by atoms with Crippen molar-refractivity contribution in [3.8, 4) is 22.6 Å². The minimum atomic E-state index is -0.733. The molecule has 2 aromatic heterocycles. The Labute approximate surface area is 204 Å². The van der Waals surface area contributed by atoms with Gasteiger partial charge in [0.1, 0.15) is 11.6 Å². The maximum atomic E-state index is 13.6. The maximum Gasteiger partial charge on any atom is 0.316 e. The maximum absolute atomic E-state index is 13.6. The number of likely N-dealkylation sites (N-methyl/N-ethyl adjacent to an activating group) is 1. The smallest absolute Gasteiger partial charge is 0.316 e. The summed E-state index contributed by atoms with van der Waals surface area (Å²) in [4.78, 5) is 33.2. The second kappa shape index (κ2) is 9.78. The van der Waals surface area contributed by atoms with Gasteiger partial charge in [-0.15, -0.1) is 0 Å². The molecule has 36 heavy (non-hydrogen) atoms. The quantitative estimate of drug-likeness (QED) is 0.423. The first kappa shape index (κ1) is 23.5. The van der Waals surface area contributed by atoms with Gasteiger partial charge in [0.2, 0.25) is 5.82 Å². The third kappa shape index (κ3) is 5.05. The number of hydrogen-bond acceptors (Lipinski definition) is 7. The van der Waals surface area contributed by atoms with E-state index in [1.54, 1.807) is 29.2 Å². The van der Waals surface area contributed by atoms with Crippen LogP contribution < -0.4 is 5.56 Å². The van der Waals surface area contributed by atoms with E-state index >= 15 is 0 Å². The van der Waals surface area contributed by atoms with Gasteiger partial charge in [-0.05, 0) is 36.9 Å². The summed E-state index contributed by atoms with van der Waals surface area (Å²) in [5, 5.41) is 8.23. The van der Waals surface area contributed by atoms with E-state index in [1.165, 1.54) is 16.8 Å². The fourth-order valence-corrected chi connectivity index (χ4v) is 3.97. The van der Waals surface area contributed by atoms with Gasteiger partial charge < -0.3 is 14.3 Å². The molecular weight excluding hydrogens is 470 g/mol. The summed E-state index contributed by atoms with van der Waals surface area (Å²) in [6.45, 7) is 2.83. The Hall–Kier alpha value is -4.25. The lowest BCUT2D eigenvalue weighted by Gasteiger charge is -2.31. The lowest BCUT2D eigenvalue weighted by Crippen LogP contribution is -2.47. The fraction of sp³-hybridized carbons (Fsp3) is 0.240. The number of hydrogen-bond donors (Lipinski definition) is 0. The molecule has 0 radical (unpaired) electrons. The predicted molar refractivity (Wildman–Crippen MR) is 126 cm³/mol. The zero-order valence-corrected chi connectivity index (χ0v) is 19.4. The SMILES string of the molecule is CN1CCN(C(=O)c2nc(-c3cccc(Cn4nc(-c5cc(F)cc(F)c5)ccc4=O)c3)no2)CC1. The average molecular weight is 492 g/mol. The van der Waals surface area contributed by atoms with Gasteiger partial charge in [0.25, 0.3) is 5.56 Å². The summed E-state index contributed by atoms with van der Waals surface area (Å²) in [7, 11) is 2.00. The molecule has 0 unspecified atom stereocenters. The van der Waals surface area contributed by atoms with Crippen LogP contribution in [0.25, 0.3) is 22.6 Å². The van der Waals surface area contributed by atoms with Crippen LogP contribution in [0.3, 0.4) is 0 Å². The lowest BCUT2D eigenvalue weighted by molar-refractivity contribution is 0.0615. The number of piperazine rings is 1. The zero-order valence-electron chi connectivity index (χ0n) is 19.4.